The van der Waals surface area contributed by atoms with Gasteiger partial charge in [-0.2, -0.15) is 11.8 Å². The fourth-order valence-corrected chi connectivity index (χ4v) is 3.71. The molecule has 0 aromatic carbocycles. The van der Waals surface area contributed by atoms with Crippen LogP contribution in [-0.4, -0.2) is 60.6 Å². The molecule has 4 nitrogen and oxygen atoms in total. The Hall–Kier alpha value is -0.260. The molecule has 2 aliphatic rings. The highest BCUT2D eigenvalue weighted by Crippen LogP contribution is 2.24. The Labute approximate surface area is 102 Å². The lowest BCUT2D eigenvalue weighted by molar-refractivity contribution is -0.127. The molecule has 2 heterocycles. The van der Waals surface area contributed by atoms with Gasteiger partial charge < -0.3 is 10.6 Å². The number of piperazine rings is 1. The minimum absolute atomic E-state index is 0.0393. The average molecular weight is 243 g/mol. The van der Waals surface area contributed by atoms with Gasteiger partial charge in [-0.3, -0.25) is 9.69 Å². The zero-order valence-corrected chi connectivity index (χ0v) is 10.7. The minimum Gasteiger partial charge on any atom is -0.355 e. The monoisotopic (exact) mass is 243 g/mol. The number of nitrogens with one attached hydrogen (secondary N) is 2. The Kier molecular flexibility index (Phi) is 4.49. The van der Waals surface area contributed by atoms with Crippen LogP contribution >= 0.6 is 11.8 Å². The van der Waals surface area contributed by atoms with Crippen LogP contribution < -0.4 is 10.6 Å². The van der Waals surface area contributed by atoms with Crippen molar-refractivity contribution < 1.29 is 4.79 Å². The predicted octanol–water partition coefficient (Wildman–Crippen LogP) is -0.0982. The first-order valence-corrected chi connectivity index (χ1v) is 7.30. The Morgan fingerprint density at radius 1 is 1.62 bits per heavy atom. The normalized spacial score (nSPS) is 31.6. The highest BCUT2D eigenvalue weighted by Gasteiger charge is 2.34. The van der Waals surface area contributed by atoms with E-state index in [1.165, 1.54) is 17.9 Å². The second-order valence-electron chi connectivity index (χ2n) is 4.37. The Balaban J connectivity index is 1.98. The van der Waals surface area contributed by atoms with Gasteiger partial charge in [-0.25, -0.2) is 0 Å². The number of nitrogens with zero attached hydrogens (tertiary/aromatic N) is 1. The Bertz CT molecular complexity index is 243. The molecule has 16 heavy (non-hydrogen) atoms. The highest BCUT2D eigenvalue weighted by molar-refractivity contribution is 7.99. The van der Waals surface area contributed by atoms with Crippen molar-refractivity contribution in [2.45, 2.75) is 25.4 Å². The van der Waals surface area contributed by atoms with Gasteiger partial charge in [0, 0.05) is 38.0 Å². The summed E-state index contributed by atoms with van der Waals surface area (Å²) in [5.74, 6) is 2.62. The van der Waals surface area contributed by atoms with Gasteiger partial charge in [0.25, 0.3) is 0 Å². The summed E-state index contributed by atoms with van der Waals surface area (Å²) in [6, 6.07) is 0.650. The van der Waals surface area contributed by atoms with Crippen LogP contribution in [0.5, 0.6) is 0 Å². The predicted molar refractivity (Wildman–Crippen MR) is 67.8 cm³/mol. The lowest BCUT2D eigenvalue weighted by Gasteiger charge is -2.38. The fourth-order valence-electron chi connectivity index (χ4n) is 2.48. The van der Waals surface area contributed by atoms with Crippen LogP contribution in [0.3, 0.4) is 0 Å². The average Bonchev–Trinajstić information content (AvgIpc) is 2.83. The van der Waals surface area contributed by atoms with Crippen molar-refractivity contribution in [1.82, 2.24) is 15.5 Å². The van der Waals surface area contributed by atoms with Crippen molar-refractivity contribution in [2.24, 2.45) is 0 Å². The van der Waals surface area contributed by atoms with Crippen molar-refractivity contribution in [3.63, 3.8) is 0 Å². The van der Waals surface area contributed by atoms with E-state index < -0.39 is 0 Å². The number of hydrogen-bond acceptors (Lipinski definition) is 4. The molecule has 2 fully saturated rings. The number of likely N-dealkylation sites (N-methyl/N-ethyl adjacent to an activating group) is 1. The van der Waals surface area contributed by atoms with Gasteiger partial charge in [-0.05, 0) is 19.1 Å². The summed E-state index contributed by atoms with van der Waals surface area (Å²) in [6.07, 6.45) is 1.24. The number of carbonyl (C=O) groups is 1. The molecule has 2 saturated heterocycles. The van der Waals surface area contributed by atoms with E-state index >= 15 is 0 Å². The summed E-state index contributed by atoms with van der Waals surface area (Å²) >= 11 is 2.01. The van der Waals surface area contributed by atoms with Gasteiger partial charge in [0.05, 0.1) is 0 Å². The van der Waals surface area contributed by atoms with Crippen LogP contribution in [0.4, 0.5) is 0 Å². The Morgan fingerprint density at radius 3 is 3.19 bits per heavy atom. The van der Waals surface area contributed by atoms with E-state index in [0.29, 0.717) is 6.04 Å². The van der Waals surface area contributed by atoms with Crippen molar-refractivity contribution in [3.8, 4) is 0 Å². The molecule has 0 aromatic rings. The molecule has 5 heteroatoms. The Morgan fingerprint density at radius 2 is 2.50 bits per heavy atom. The van der Waals surface area contributed by atoms with Gasteiger partial charge in [0.15, 0.2) is 0 Å². The van der Waals surface area contributed by atoms with Crippen LogP contribution in [0.1, 0.15) is 13.3 Å². The highest BCUT2D eigenvalue weighted by atomic mass is 32.2. The molecule has 2 N–H and O–H groups in total. The molecule has 2 atom stereocenters. The molecular weight excluding hydrogens is 222 g/mol. The summed E-state index contributed by atoms with van der Waals surface area (Å²) in [7, 11) is 0. The third-order valence-electron chi connectivity index (χ3n) is 3.31. The third-order valence-corrected chi connectivity index (χ3v) is 4.46. The van der Waals surface area contributed by atoms with Gasteiger partial charge in [-0.1, -0.05) is 0 Å². The number of hydrogen-bond donors (Lipinski definition) is 2. The molecular formula is C11H21N3OS. The van der Waals surface area contributed by atoms with E-state index in [-0.39, 0.29) is 11.9 Å². The van der Waals surface area contributed by atoms with Crippen molar-refractivity contribution in [2.75, 3.05) is 37.7 Å². The zero-order chi connectivity index (χ0) is 11.4. The van der Waals surface area contributed by atoms with E-state index in [1.807, 2.05) is 18.7 Å². The first kappa shape index (κ1) is 12.2. The van der Waals surface area contributed by atoms with Crippen LogP contribution in [0.25, 0.3) is 0 Å². The molecule has 0 radical (unpaired) electrons. The summed E-state index contributed by atoms with van der Waals surface area (Å²) in [4.78, 5) is 14.4. The van der Waals surface area contributed by atoms with Crippen molar-refractivity contribution in [3.05, 3.63) is 0 Å². The molecule has 2 aliphatic heterocycles. The maximum Gasteiger partial charge on any atom is 0.238 e. The standard InChI is InChI=1S/C11H21N3OS/c1-2-13-11(15)10-7-12-4-5-14(10)9-3-6-16-8-9/h9-10,12H,2-8H2,1H3,(H,13,15). The van der Waals surface area contributed by atoms with E-state index in [0.717, 1.165) is 26.2 Å². The van der Waals surface area contributed by atoms with Gasteiger partial charge >= 0.3 is 0 Å². The quantitative estimate of drug-likeness (QED) is 0.727. The van der Waals surface area contributed by atoms with Crippen LogP contribution in [0.15, 0.2) is 0 Å². The molecule has 0 saturated carbocycles. The van der Waals surface area contributed by atoms with Gasteiger partial charge in [-0.15, -0.1) is 0 Å². The lowest BCUT2D eigenvalue weighted by Crippen LogP contribution is -2.60. The second kappa shape index (κ2) is 5.89. The van der Waals surface area contributed by atoms with Crippen molar-refractivity contribution >= 4 is 17.7 Å². The molecule has 0 spiro atoms. The lowest BCUT2D eigenvalue weighted by atomic mass is 10.1. The maximum absolute atomic E-state index is 12.0. The molecule has 0 bridgehead atoms. The molecule has 92 valence electrons. The van der Waals surface area contributed by atoms with Gasteiger partial charge in [0.1, 0.15) is 6.04 Å². The maximum atomic E-state index is 12.0. The summed E-state index contributed by atoms with van der Waals surface area (Å²) in [5, 5.41) is 6.26. The smallest absolute Gasteiger partial charge is 0.238 e. The largest absolute Gasteiger partial charge is 0.355 e. The SMILES string of the molecule is CCNC(=O)C1CNCCN1C1CCSC1. The topological polar surface area (TPSA) is 44.4 Å². The molecule has 2 rings (SSSR count). The number of rotatable bonds is 3. The molecule has 1 amide bonds. The first-order valence-electron chi connectivity index (χ1n) is 6.15. The molecule has 2 unspecified atom stereocenters. The number of thioether (sulfide) groups is 1. The van der Waals surface area contributed by atoms with E-state index in [9.17, 15) is 4.79 Å². The van der Waals surface area contributed by atoms with Gasteiger partial charge in [0.2, 0.25) is 5.91 Å². The molecule has 0 aliphatic carbocycles. The third kappa shape index (κ3) is 2.70. The minimum atomic E-state index is 0.0393. The van der Waals surface area contributed by atoms with Crippen LogP contribution in [0, 0.1) is 0 Å². The summed E-state index contributed by atoms with van der Waals surface area (Å²) in [6.45, 7) is 5.52. The number of carbonyl (C=O) groups excluding carboxylic acids is 1. The van der Waals surface area contributed by atoms with E-state index in [1.54, 1.807) is 0 Å². The fraction of sp³-hybridized carbons (Fsp3) is 0.909. The second-order valence-corrected chi connectivity index (χ2v) is 5.52. The van der Waals surface area contributed by atoms with Crippen LogP contribution in [-0.2, 0) is 4.79 Å². The zero-order valence-electron chi connectivity index (χ0n) is 9.87. The van der Waals surface area contributed by atoms with Crippen molar-refractivity contribution in [1.29, 1.82) is 0 Å². The molecule has 0 aromatic heterocycles. The number of amides is 1. The van der Waals surface area contributed by atoms with Crippen LogP contribution in [0.2, 0.25) is 0 Å². The van der Waals surface area contributed by atoms with E-state index in [4.69, 9.17) is 0 Å². The summed E-state index contributed by atoms with van der Waals surface area (Å²) < 4.78 is 0. The van der Waals surface area contributed by atoms with E-state index in [2.05, 4.69) is 15.5 Å². The summed E-state index contributed by atoms with van der Waals surface area (Å²) in [5.41, 5.74) is 0. The first-order chi connectivity index (χ1) is 7.83.